The maximum absolute atomic E-state index is 13.9. The molecule has 7 heteroatoms. The van der Waals surface area contributed by atoms with Crippen molar-refractivity contribution in [2.24, 2.45) is 11.8 Å². The second-order valence-electron chi connectivity index (χ2n) is 8.32. The molecule has 4 rings (SSSR count). The van der Waals surface area contributed by atoms with E-state index in [1.165, 1.54) is 0 Å². The van der Waals surface area contributed by atoms with Crippen molar-refractivity contribution in [2.75, 3.05) is 26.2 Å². The lowest BCUT2D eigenvalue weighted by molar-refractivity contribution is -0.131. The molecule has 2 fully saturated rings. The largest absolute Gasteiger partial charge is 0.341 e. The Balaban J connectivity index is 1.26. The zero-order valence-corrected chi connectivity index (χ0v) is 16.9. The van der Waals surface area contributed by atoms with Crippen LogP contribution in [-0.2, 0) is 17.9 Å². The van der Waals surface area contributed by atoms with E-state index in [-0.39, 0.29) is 5.91 Å². The summed E-state index contributed by atoms with van der Waals surface area (Å²) < 4.78 is 29.2. The summed E-state index contributed by atoms with van der Waals surface area (Å²) >= 11 is 0. The standard InChI is InChI=1S/C22H28F2N4O/c1-16-25-8-12-27(16)15-21(29)28-11-7-18(14-28)17-5-9-26(10-6-17)13-19-3-2-4-20(23)22(19)24/h2-4,8,12,17-18H,5-7,9-11,13-15H2,1H3. The lowest BCUT2D eigenvalue weighted by atomic mass is 9.83. The third-order valence-electron chi connectivity index (χ3n) is 6.53. The van der Waals surface area contributed by atoms with E-state index < -0.39 is 11.6 Å². The molecule has 1 aromatic heterocycles. The number of hydrogen-bond donors (Lipinski definition) is 0. The molecule has 1 atom stereocenters. The first-order chi connectivity index (χ1) is 14.0. The van der Waals surface area contributed by atoms with Crippen molar-refractivity contribution in [1.29, 1.82) is 0 Å². The van der Waals surface area contributed by atoms with E-state index in [1.807, 2.05) is 22.6 Å². The van der Waals surface area contributed by atoms with E-state index >= 15 is 0 Å². The van der Waals surface area contributed by atoms with E-state index in [4.69, 9.17) is 0 Å². The van der Waals surface area contributed by atoms with Crippen LogP contribution in [0.1, 0.15) is 30.7 Å². The molecule has 0 radical (unpaired) electrons. The average molecular weight is 402 g/mol. The Morgan fingerprint density at radius 2 is 1.90 bits per heavy atom. The normalized spacial score (nSPS) is 21.1. The van der Waals surface area contributed by atoms with Crippen molar-refractivity contribution in [3.8, 4) is 0 Å². The van der Waals surface area contributed by atoms with Gasteiger partial charge in [-0.2, -0.15) is 0 Å². The number of imidazole rings is 1. The molecule has 29 heavy (non-hydrogen) atoms. The number of nitrogens with zero attached hydrogens (tertiary/aromatic N) is 4. The van der Waals surface area contributed by atoms with Gasteiger partial charge >= 0.3 is 0 Å². The molecule has 1 unspecified atom stereocenters. The molecule has 2 saturated heterocycles. The van der Waals surface area contributed by atoms with Crippen LogP contribution in [0.15, 0.2) is 30.6 Å². The lowest BCUT2D eigenvalue weighted by Crippen LogP contribution is -2.37. The van der Waals surface area contributed by atoms with Crippen LogP contribution in [0, 0.1) is 30.4 Å². The summed E-state index contributed by atoms with van der Waals surface area (Å²) in [5, 5.41) is 0. The summed E-state index contributed by atoms with van der Waals surface area (Å²) in [5.41, 5.74) is 0.427. The molecule has 1 aromatic carbocycles. The maximum Gasteiger partial charge on any atom is 0.242 e. The number of aromatic nitrogens is 2. The van der Waals surface area contributed by atoms with Gasteiger partial charge in [0, 0.05) is 37.6 Å². The number of aryl methyl sites for hydroxylation is 1. The summed E-state index contributed by atoms with van der Waals surface area (Å²) in [7, 11) is 0. The van der Waals surface area contributed by atoms with Crippen molar-refractivity contribution >= 4 is 5.91 Å². The monoisotopic (exact) mass is 402 g/mol. The Hall–Kier alpha value is -2.28. The number of amides is 1. The van der Waals surface area contributed by atoms with E-state index in [0.717, 1.165) is 57.3 Å². The number of hydrogen-bond acceptors (Lipinski definition) is 3. The van der Waals surface area contributed by atoms with Gasteiger partial charge < -0.3 is 9.47 Å². The molecular weight excluding hydrogens is 374 g/mol. The first kappa shape index (κ1) is 20.0. The molecule has 0 aliphatic carbocycles. The number of carbonyl (C=O) groups excluding carboxylic acids is 1. The Morgan fingerprint density at radius 3 is 2.62 bits per heavy atom. The predicted molar refractivity (Wildman–Crippen MR) is 106 cm³/mol. The van der Waals surface area contributed by atoms with Crippen molar-refractivity contribution in [1.82, 2.24) is 19.4 Å². The topological polar surface area (TPSA) is 41.4 Å². The smallest absolute Gasteiger partial charge is 0.242 e. The van der Waals surface area contributed by atoms with Crippen molar-refractivity contribution < 1.29 is 13.6 Å². The molecule has 2 aliphatic rings. The molecule has 0 saturated carbocycles. The Bertz CT molecular complexity index is 860. The Kier molecular flexibility index (Phi) is 5.94. The summed E-state index contributed by atoms with van der Waals surface area (Å²) in [6.07, 6.45) is 6.71. The van der Waals surface area contributed by atoms with Crippen LogP contribution in [0.5, 0.6) is 0 Å². The van der Waals surface area contributed by atoms with Crippen LogP contribution in [0.4, 0.5) is 8.78 Å². The third-order valence-corrected chi connectivity index (χ3v) is 6.53. The van der Waals surface area contributed by atoms with E-state index in [0.29, 0.717) is 30.5 Å². The number of halogens is 2. The van der Waals surface area contributed by atoms with E-state index in [2.05, 4.69) is 9.88 Å². The molecule has 3 heterocycles. The van der Waals surface area contributed by atoms with Crippen molar-refractivity contribution in [2.45, 2.75) is 39.3 Å². The highest BCUT2D eigenvalue weighted by molar-refractivity contribution is 5.76. The zero-order chi connectivity index (χ0) is 20.4. The van der Waals surface area contributed by atoms with Gasteiger partial charge in [-0.1, -0.05) is 12.1 Å². The van der Waals surface area contributed by atoms with Gasteiger partial charge in [-0.25, -0.2) is 13.8 Å². The molecular formula is C22H28F2N4O. The number of piperidine rings is 1. The maximum atomic E-state index is 13.9. The fourth-order valence-electron chi connectivity index (χ4n) is 4.71. The summed E-state index contributed by atoms with van der Waals surface area (Å²) in [4.78, 5) is 21.0. The third kappa shape index (κ3) is 4.50. The lowest BCUT2D eigenvalue weighted by Gasteiger charge is -2.35. The number of likely N-dealkylation sites (tertiary alicyclic amines) is 2. The minimum absolute atomic E-state index is 0.160. The summed E-state index contributed by atoms with van der Waals surface area (Å²) in [5.74, 6) is 0.641. The van der Waals surface area contributed by atoms with Crippen molar-refractivity contribution in [3.63, 3.8) is 0 Å². The number of rotatable bonds is 5. The first-order valence-corrected chi connectivity index (χ1v) is 10.4. The second-order valence-corrected chi connectivity index (χ2v) is 8.32. The van der Waals surface area contributed by atoms with Crippen molar-refractivity contribution in [3.05, 3.63) is 53.6 Å². The second kappa shape index (κ2) is 8.61. The molecule has 2 aromatic rings. The Morgan fingerprint density at radius 1 is 1.14 bits per heavy atom. The number of benzene rings is 1. The summed E-state index contributed by atoms with van der Waals surface area (Å²) in [6.45, 7) is 6.15. The van der Waals surface area contributed by atoms with Crippen LogP contribution in [0.25, 0.3) is 0 Å². The van der Waals surface area contributed by atoms with Gasteiger partial charge in [-0.05, 0) is 57.2 Å². The van der Waals surface area contributed by atoms with Gasteiger partial charge in [0.15, 0.2) is 11.6 Å². The van der Waals surface area contributed by atoms with Gasteiger partial charge in [0.05, 0.1) is 0 Å². The summed E-state index contributed by atoms with van der Waals surface area (Å²) in [6, 6.07) is 4.38. The fraction of sp³-hybridized carbons (Fsp3) is 0.545. The predicted octanol–water partition coefficient (Wildman–Crippen LogP) is 3.23. The highest BCUT2D eigenvalue weighted by Crippen LogP contribution is 2.32. The quantitative estimate of drug-likeness (QED) is 0.771. The highest BCUT2D eigenvalue weighted by Gasteiger charge is 2.33. The molecule has 5 nitrogen and oxygen atoms in total. The molecule has 1 amide bonds. The molecule has 0 spiro atoms. The zero-order valence-electron chi connectivity index (χ0n) is 16.9. The molecule has 0 bridgehead atoms. The molecule has 156 valence electrons. The van der Waals surface area contributed by atoms with Crippen LogP contribution in [0.2, 0.25) is 0 Å². The number of carbonyl (C=O) groups is 1. The van der Waals surface area contributed by atoms with Gasteiger partial charge in [0.1, 0.15) is 12.4 Å². The van der Waals surface area contributed by atoms with Crippen LogP contribution in [-0.4, -0.2) is 51.4 Å². The molecule has 2 aliphatic heterocycles. The minimum atomic E-state index is -0.779. The van der Waals surface area contributed by atoms with Gasteiger partial charge in [0.25, 0.3) is 0 Å². The molecule has 0 N–H and O–H groups in total. The Labute approximate surface area is 170 Å². The average Bonchev–Trinajstić information content (AvgIpc) is 3.36. The van der Waals surface area contributed by atoms with Gasteiger partial charge in [0.2, 0.25) is 5.91 Å². The van der Waals surface area contributed by atoms with Crippen LogP contribution < -0.4 is 0 Å². The fourth-order valence-corrected chi connectivity index (χ4v) is 4.71. The SMILES string of the molecule is Cc1nccn1CC(=O)N1CCC(C2CCN(Cc3cccc(F)c3F)CC2)C1. The van der Waals surface area contributed by atoms with E-state index in [1.54, 1.807) is 18.3 Å². The van der Waals surface area contributed by atoms with Crippen LogP contribution >= 0.6 is 0 Å². The first-order valence-electron chi connectivity index (χ1n) is 10.4. The minimum Gasteiger partial charge on any atom is -0.341 e. The van der Waals surface area contributed by atoms with E-state index in [9.17, 15) is 13.6 Å². The van der Waals surface area contributed by atoms with Gasteiger partial charge in [-0.15, -0.1) is 0 Å². The van der Waals surface area contributed by atoms with Crippen LogP contribution in [0.3, 0.4) is 0 Å². The van der Waals surface area contributed by atoms with Gasteiger partial charge in [-0.3, -0.25) is 9.69 Å². The highest BCUT2D eigenvalue weighted by atomic mass is 19.2.